The van der Waals surface area contributed by atoms with Gasteiger partial charge >= 0.3 is 5.97 Å². The lowest BCUT2D eigenvalue weighted by Gasteiger charge is -2.03. The minimum absolute atomic E-state index is 0.218. The Morgan fingerprint density at radius 2 is 2.23 bits per heavy atom. The SMILES string of the molecule is COC(=O)Cc1ccc(C)cc1Br. The molecule has 0 radical (unpaired) electrons. The molecular weight excluding hydrogens is 232 g/mol. The first-order valence-electron chi connectivity index (χ1n) is 3.95. The van der Waals surface area contributed by atoms with Crippen LogP contribution < -0.4 is 0 Å². The number of rotatable bonds is 2. The van der Waals surface area contributed by atoms with E-state index in [1.54, 1.807) is 0 Å². The van der Waals surface area contributed by atoms with E-state index in [2.05, 4.69) is 20.7 Å². The fraction of sp³-hybridized carbons (Fsp3) is 0.300. The molecule has 0 aliphatic carbocycles. The Balaban J connectivity index is 2.83. The number of methoxy groups -OCH3 is 1. The summed E-state index contributed by atoms with van der Waals surface area (Å²) in [5, 5.41) is 0. The van der Waals surface area contributed by atoms with Crippen LogP contribution in [0.15, 0.2) is 22.7 Å². The molecule has 3 heteroatoms. The number of halogens is 1. The van der Waals surface area contributed by atoms with Crippen LogP contribution in [0.2, 0.25) is 0 Å². The number of hydrogen-bond donors (Lipinski definition) is 0. The number of ether oxygens (including phenoxy) is 1. The number of hydrogen-bond acceptors (Lipinski definition) is 2. The maximum atomic E-state index is 11.0. The first kappa shape index (κ1) is 10.3. The van der Waals surface area contributed by atoms with Gasteiger partial charge in [0.1, 0.15) is 0 Å². The molecule has 2 nitrogen and oxygen atoms in total. The highest BCUT2D eigenvalue weighted by Gasteiger charge is 2.05. The summed E-state index contributed by atoms with van der Waals surface area (Å²) in [6, 6.07) is 5.89. The Morgan fingerprint density at radius 1 is 1.54 bits per heavy atom. The predicted octanol–water partition coefficient (Wildman–Crippen LogP) is 2.47. The summed E-state index contributed by atoms with van der Waals surface area (Å²) in [6.45, 7) is 2.01. The van der Waals surface area contributed by atoms with Crippen molar-refractivity contribution in [2.45, 2.75) is 13.3 Å². The van der Waals surface area contributed by atoms with Crippen LogP contribution in [0.4, 0.5) is 0 Å². The topological polar surface area (TPSA) is 26.3 Å². The van der Waals surface area contributed by atoms with Crippen molar-refractivity contribution in [1.82, 2.24) is 0 Å². The normalized spacial score (nSPS) is 9.77. The molecule has 0 unspecified atom stereocenters. The monoisotopic (exact) mass is 242 g/mol. The lowest BCUT2D eigenvalue weighted by Crippen LogP contribution is -2.04. The molecule has 0 spiro atoms. The van der Waals surface area contributed by atoms with Crippen LogP contribution >= 0.6 is 15.9 Å². The average Bonchev–Trinajstić information content (AvgIpc) is 2.09. The van der Waals surface area contributed by atoms with Crippen molar-refractivity contribution in [2.75, 3.05) is 7.11 Å². The van der Waals surface area contributed by atoms with Crippen molar-refractivity contribution >= 4 is 21.9 Å². The molecule has 1 rings (SSSR count). The summed E-state index contributed by atoms with van der Waals surface area (Å²) in [5.41, 5.74) is 2.12. The van der Waals surface area contributed by atoms with E-state index in [4.69, 9.17) is 0 Å². The van der Waals surface area contributed by atoms with Gasteiger partial charge in [0.05, 0.1) is 13.5 Å². The van der Waals surface area contributed by atoms with Crippen molar-refractivity contribution in [3.8, 4) is 0 Å². The van der Waals surface area contributed by atoms with Gasteiger partial charge < -0.3 is 4.74 Å². The van der Waals surface area contributed by atoms with Crippen molar-refractivity contribution in [3.63, 3.8) is 0 Å². The number of esters is 1. The van der Waals surface area contributed by atoms with E-state index in [9.17, 15) is 4.79 Å². The number of benzene rings is 1. The molecule has 0 aliphatic heterocycles. The second kappa shape index (κ2) is 4.42. The first-order chi connectivity index (χ1) is 6.13. The molecule has 70 valence electrons. The Bertz CT molecular complexity index is 321. The molecule has 0 aliphatic rings. The van der Waals surface area contributed by atoms with Gasteiger partial charge in [0.2, 0.25) is 0 Å². The minimum Gasteiger partial charge on any atom is -0.469 e. The van der Waals surface area contributed by atoms with E-state index in [0.717, 1.165) is 10.0 Å². The Kier molecular flexibility index (Phi) is 3.48. The third kappa shape index (κ3) is 2.84. The van der Waals surface area contributed by atoms with Crippen molar-refractivity contribution < 1.29 is 9.53 Å². The zero-order valence-corrected chi connectivity index (χ0v) is 9.22. The van der Waals surface area contributed by atoms with Crippen molar-refractivity contribution in [2.24, 2.45) is 0 Å². The van der Waals surface area contributed by atoms with Gasteiger partial charge in [-0.05, 0) is 24.1 Å². The van der Waals surface area contributed by atoms with E-state index in [0.29, 0.717) is 6.42 Å². The Morgan fingerprint density at radius 3 is 2.77 bits per heavy atom. The van der Waals surface area contributed by atoms with Gasteiger partial charge in [0.25, 0.3) is 0 Å². The van der Waals surface area contributed by atoms with Crippen LogP contribution in [-0.2, 0) is 16.0 Å². The highest BCUT2D eigenvalue weighted by atomic mass is 79.9. The van der Waals surface area contributed by atoms with Gasteiger partial charge in [-0.2, -0.15) is 0 Å². The molecule has 1 aromatic rings. The molecule has 0 amide bonds. The second-order valence-electron chi connectivity index (χ2n) is 2.85. The Labute approximate surface area is 86.0 Å². The zero-order chi connectivity index (χ0) is 9.84. The van der Waals surface area contributed by atoms with E-state index in [1.807, 2.05) is 25.1 Å². The van der Waals surface area contributed by atoms with Crippen LogP contribution in [0.25, 0.3) is 0 Å². The zero-order valence-electron chi connectivity index (χ0n) is 7.63. The van der Waals surface area contributed by atoms with Crippen LogP contribution in [-0.4, -0.2) is 13.1 Å². The van der Waals surface area contributed by atoms with Gasteiger partial charge in [-0.1, -0.05) is 28.1 Å². The van der Waals surface area contributed by atoms with E-state index in [1.165, 1.54) is 12.7 Å². The lowest BCUT2D eigenvalue weighted by molar-refractivity contribution is -0.139. The minimum atomic E-state index is -0.218. The number of carbonyl (C=O) groups excluding carboxylic acids is 1. The number of aryl methyl sites for hydroxylation is 1. The molecule has 0 heterocycles. The smallest absolute Gasteiger partial charge is 0.310 e. The summed E-state index contributed by atoms with van der Waals surface area (Å²) >= 11 is 3.40. The standard InChI is InChI=1S/C10H11BrO2/c1-7-3-4-8(9(11)5-7)6-10(12)13-2/h3-5H,6H2,1-2H3. The van der Waals surface area contributed by atoms with Gasteiger partial charge in [-0.3, -0.25) is 4.79 Å². The first-order valence-corrected chi connectivity index (χ1v) is 4.74. The van der Waals surface area contributed by atoms with Gasteiger partial charge in [-0.15, -0.1) is 0 Å². The summed E-state index contributed by atoms with van der Waals surface area (Å²) < 4.78 is 5.54. The molecule has 0 aromatic heterocycles. The van der Waals surface area contributed by atoms with Crippen LogP contribution in [0.3, 0.4) is 0 Å². The largest absolute Gasteiger partial charge is 0.469 e. The van der Waals surface area contributed by atoms with Crippen molar-refractivity contribution in [1.29, 1.82) is 0 Å². The summed E-state index contributed by atoms with van der Waals surface area (Å²) in [7, 11) is 1.39. The predicted molar refractivity (Wildman–Crippen MR) is 54.6 cm³/mol. The highest BCUT2D eigenvalue weighted by molar-refractivity contribution is 9.10. The van der Waals surface area contributed by atoms with Gasteiger partial charge in [-0.25, -0.2) is 0 Å². The molecular formula is C10H11BrO2. The molecule has 0 saturated carbocycles. The second-order valence-corrected chi connectivity index (χ2v) is 3.70. The molecule has 0 fully saturated rings. The molecule has 0 saturated heterocycles. The fourth-order valence-electron chi connectivity index (χ4n) is 1.02. The van der Waals surface area contributed by atoms with E-state index < -0.39 is 0 Å². The molecule has 0 atom stereocenters. The van der Waals surface area contributed by atoms with E-state index >= 15 is 0 Å². The van der Waals surface area contributed by atoms with Gasteiger partial charge in [0.15, 0.2) is 0 Å². The quantitative estimate of drug-likeness (QED) is 0.746. The number of carbonyl (C=O) groups is 1. The maximum absolute atomic E-state index is 11.0. The molecule has 0 N–H and O–H groups in total. The van der Waals surface area contributed by atoms with Crippen LogP contribution in [0.5, 0.6) is 0 Å². The molecule has 1 aromatic carbocycles. The van der Waals surface area contributed by atoms with E-state index in [-0.39, 0.29) is 5.97 Å². The van der Waals surface area contributed by atoms with Crippen LogP contribution in [0.1, 0.15) is 11.1 Å². The maximum Gasteiger partial charge on any atom is 0.310 e. The molecule has 13 heavy (non-hydrogen) atoms. The average molecular weight is 243 g/mol. The Hall–Kier alpha value is -0.830. The third-order valence-electron chi connectivity index (χ3n) is 1.77. The summed E-state index contributed by atoms with van der Waals surface area (Å²) in [4.78, 5) is 11.0. The fourth-order valence-corrected chi connectivity index (χ4v) is 1.66. The van der Waals surface area contributed by atoms with Gasteiger partial charge in [0, 0.05) is 4.47 Å². The summed E-state index contributed by atoms with van der Waals surface area (Å²) in [6.07, 6.45) is 0.317. The lowest BCUT2D eigenvalue weighted by atomic mass is 10.1. The third-order valence-corrected chi connectivity index (χ3v) is 2.51. The van der Waals surface area contributed by atoms with Crippen LogP contribution in [0, 0.1) is 6.92 Å². The van der Waals surface area contributed by atoms with Crippen molar-refractivity contribution in [3.05, 3.63) is 33.8 Å². The highest BCUT2D eigenvalue weighted by Crippen LogP contribution is 2.18. The molecule has 0 bridgehead atoms. The summed E-state index contributed by atoms with van der Waals surface area (Å²) in [5.74, 6) is -0.218.